The quantitative estimate of drug-likeness (QED) is 0.522. The summed E-state index contributed by atoms with van der Waals surface area (Å²) in [6.45, 7) is 1.38. The lowest BCUT2D eigenvalue weighted by Crippen LogP contribution is -2.38. The maximum absolute atomic E-state index is 13.6. The van der Waals surface area contributed by atoms with Crippen LogP contribution in [-0.4, -0.2) is 34.5 Å². The van der Waals surface area contributed by atoms with Crippen molar-refractivity contribution in [3.05, 3.63) is 65.7 Å². The van der Waals surface area contributed by atoms with E-state index in [2.05, 4.69) is 41.5 Å². The van der Waals surface area contributed by atoms with E-state index in [-0.39, 0.29) is 12.0 Å². The predicted octanol–water partition coefficient (Wildman–Crippen LogP) is 5.15. The standard InChI is InChI=1S/C26H28N2O3/c29-26(25-23(19-3-4-19)11-12-28-16-27-13-24(25)28)20-5-1-17(2-6-20)18-7-9-21(10-8-18)31-22-14-30-15-22/h7-13,16-17,19-20,22H,1-6,14-15H2. The Morgan fingerprint density at radius 2 is 1.71 bits per heavy atom. The van der Waals surface area contributed by atoms with Crippen molar-refractivity contribution in [1.82, 2.24) is 9.38 Å². The Morgan fingerprint density at radius 3 is 2.39 bits per heavy atom. The molecule has 3 heterocycles. The zero-order chi connectivity index (χ0) is 20.8. The summed E-state index contributed by atoms with van der Waals surface area (Å²) in [5.41, 5.74) is 4.52. The van der Waals surface area contributed by atoms with E-state index in [4.69, 9.17) is 9.47 Å². The van der Waals surface area contributed by atoms with Crippen molar-refractivity contribution in [1.29, 1.82) is 0 Å². The molecule has 0 bridgehead atoms. The third-order valence-electron chi connectivity index (χ3n) is 7.25. The Kier molecular flexibility index (Phi) is 4.79. The van der Waals surface area contributed by atoms with Gasteiger partial charge in [0.05, 0.1) is 31.3 Å². The maximum atomic E-state index is 13.6. The Hall–Kier alpha value is -2.66. The number of ether oxygens (including phenoxy) is 2. The summed E-state index contributed by atoms with van der Waals surface area (Å²) in [5.74, 6) is 2.46. The molecule has 160 valence electrons. The molecule has 3 aliphatic rings. The zero-order valence-corrected chi connectivity index (χ0v) is 17.7. The first kappa shape index (κ1) is 19.1. The van der Waals surface area contributed by atoms with Crippen molar-refractivity contribution in [2.45, 2.75) is 56.5 Å². The summed E-state index contributed by atoms with van der Waals surface area (Å²) in [6, 6.07) is 10.7. The van der Waals surface area contributed by atoms with Crippen LogP contribution in [0.3, 0.4) is 0 Å². The molecule has 5 heteroatoms. The third-order valence-corrected chi connectivity index (χ3v) is 7.25. The van der Waals surface area contributed by atoms with Crippen molar-refractivity contribution in [3.8, 4) is 5.75 Å². The average Bonchev–Trinajstić information content (AvgIpc) is 3.52. The number of hydrogen-bond acceptors (Lipinski definition) is 4. The van der Waals surface area contributed by atoms with Crippen LogP contribution < -0.4 is 4.74 Å². The number of carbonyl (C=O) groups excluding carboxylic acids is 1. The van der Waals surface area contributed by atoms with E-state index in [1.165, 1.54) is 24.0 Å². The summed E-state index contributed by atoms with van der Waals surface area (Å²) in [7, 11) is 0. The van der Waals surface area contributed by atoms with Gasteiger partial charge in [0.25, 0.3) is 0 Å². The highest BCUT2D eigenvalue weighted by Crippen LogP contribution is 2.44. The first-order valence-corrected chi connectivity index (χ1v) is 11.6. The van der Waals surface area contributed by atoms with Gasteiger partial charge in [0.1, 0.15) is 11.9 Å². The highest BCUT2D eigenvalue weighted by atomic mass is 16.6. The van der Waals surface area contributed by atoms with Gasteiger partial charge in [-0.05, 0) is 79.7 Å². The first-order chi connectivity index (χ1) is 15.3. The van der Waals surface area contributed by atoms with Crippen LogP contribution in [0.2, 0.25) is 0 Å². The van der Waals surface area contributed by atoms with Gasteiger partial charge >= 0.3 is 0 Å². The Morgan fingerprint density at radius 1 is 0.968 bits per heavy atom. The van der Waals surface area contributed by atoms with Crippen LogP contribution in [0.4, 0.5) is 0 Å². The number of nitrogens with zero attached hydrogens (tertiary/aromatic N) is 2. The smallest absolute Gasteiger partial charge is 0.168 e. The number of aromatic nitrogens is 2. The number of hydrogen-bond donors (Lipinski definition) is 0. The molecule has 0 unspecified atom stereocenters. The molecule has 2 aromatic heterocycles. The number of ketones is 1. The molecule has 0 N–H and O–H groups in total. The molecule has 1 aliphatic heterocycles. The molecule has 0 radical (unpaired) electrons. The highest BCUT2D eigenvalue weighted by molar-refractivity contribution is 6.05. The number of pyridine rings is 1. The van der Waals surface area contributed by atoms with Gasteiger partial charge in [-0.1, -0.05) is 12.1 Å². The molecule has 2 saturated carbocycles. The van der Waals surface area contributed by atoms with Crippen molar-refractivity contribution >= 4 is 11.3 Å². The molecule has 31 heavy (non-hydrogen) atoms. The minimum atomic E-state index is 0.121. The van der Waals surface area contributed by atoms with Gasteiger partial charge in [0.15, 0.2) is 5.78 Å². The molecule has 2 aliphatic carbocycles. The first-order valence-electron chi connectivity index (χ1n) is 11.6. The monoisotopic (exact) mass is 416 g/mol. The second-order valence-electron chi connectivity index (χ2n) is 9.37. The van der Waals surface area contributed by atoms with Gasteiger partial charge in [-0.3, -0.25) is 4.79 Å². The van der Waals surface area contributed by atoms with Crippen LogP contribution in [-0.2, 0) is 4.74 Å². The lowest BCUT2D eigenvalue weighted by molar-refractivity contribution is -0.0796. The SMILES string of the molecule is O=C(c1c(C2CC2)ccn2cncc12)C1CCC(c2ccc(OC3COC3)cc2)CC1. The molecule has 1 saturated heterocycles. The summed E-state index contributed by atoms with van der Waals surface area (Å²) in [6.07, 6.45) is 12.3. The van der Waals surface area contributed by atoms with E-state index in [0.29, 0.717) is 30.8 Å². The highest BCUT2D eigenvalue weighted by Gasteiger charge is 2.34. The largest absolute Gasteiger partial charge is 0.486 e. The molecular weight excluding hydrogens is 388 g/mol. The number of Topliss-reactive ketones (excluding diaryl/α,β-unsaturated/α-hetero) is 1. The Balaban J connectivity index is 1.15. The van der Waals surface area contributed by atoms with Gasteiger partial charge in [-0.2, -0.15) is 0 Å². The van der Waals surface area contributed by atoms with Crippen molar-refractivity contribution in [2.75, 3.05) is 13.2 Å². The maximum Gasteiger partial charge on any atom is 0.168 e. The van der Waals surface area contributed by atoms with Crippen molar-refractivity contribution in [2.24, 2.45) is 5.92 Å². The Labute approximate surface area is 182 Å². The fourth-order valence-electron chi connectivity index (χ4n) is 5.20. The molecule has 0 atom stereocenters. The van der Waals surface area contributed by atoms with E-state index in [0.717, 1.165) is 42.5 Å². The Bertz CT molecular complexity index is 1090. The second kappa shape index (κ2) is 7.79. The van der Waals surface area contributed by atoms with Crippen LogP contribution in [0.25, 0.3) is 5.52 Å². The van der Waals surface area contributed by atoms with Gasteiger partial charge in [0.2, 0.25) is 0 Å². The molecular formula is C26H28N2O3. The van der Waals surface area contributed by atoms with Crippen LogP contribution in [0.5, 0.6) is 5.75 Å². The van der Waals surface area contributed by atoms with Crippen molar-refractivity contribution in [3.63, 3.8) is 0 Å². The minimum Gasteiger partial charge on any atom is -0.486 e. The van der Waals surface area contributed by atoms with Crippen molar-refractivity contribution < 1.29 is 14.3 Å². The lowest BCUT2D eigenvalue weighted by Gasteiger charge is -2.29. The molecule has 0 amide bonds. The second-order valence-corrected chi connectivity index (χ2v) is 9.37. The van der Waals surface area contributed by atoms with Crippen LogP contribution in [0.15, 0.2) is 49.1 Å². The van der Waals surface area contributed by atoms with Gasteiger partial charge in [0, 0.05) is 17.7 Å². The fraction of sp³-hybridized carbons (Fsp3) is 0.462. The summed E-state index contributed by atoms with van der Waals surface area (Å²) in [4.78, 5) is 17.9. The molecule has 3 fully saturated rings. The summed E-state index contributed by atoms with van der Waals surface area (Å²) in [5, 5.41) is 0. The zero-order valence-electron chi connectivity index (χ0n) is 17.7. The van der Waals surface area contributed by atoms with E-state index >= 15 is 0 Å². The van der Waals surface area contributed by atoms with Crippen LogP contribution >= 0.6 is 0 Å². The van der Waals surface area contributed by atoms with Gasteiger partial charge in [-0.25, -0.2) is 4.98 Å². The average molecular weight is 417 g/mol. The molecule has 3 aromatic rings. The third kappa shape index (κ3) is 3.65. The molecule has 5 nitrogen and oxygen atoms in total. The summed E-state index contributed by atoms with van der Waals surface area (Å²) < 4.78 is 13.0. The number of carbonyl (C=O) groups is 1. The normalized spacial score (nSPS) is 24.1. The van der Waals surface area contributed by atoms with E-state index in [9.17, 15) is 4.79 Å². The molecule has 6 rings (SSSR count). The predicted molar refractivity (Wildman–Crippen MR) is 118 cm³/mol. The number of benzene rings is 1. The lowest BCUT2D eigenvalue weighted by atomic mass is 9.75. The molecule has 0 spiro atoms. The topological polar surface area (TPSA) is 52.8 Å². The van der Waals surface area contributed by atoms with E-state index < -0.39 is 0 Å². The molecule has 1 aromatic carbocycles. The number of fused-ring (bicyclic) bond motifs is 1. The van der Waals surface area contributed by atoms with Gasteiger partial charge in [-0.15, -0.1) is 0 Å². The number of imidazole rings is 1. The number of rotatable bonds is 6. The van der Waals surface area contributed by atoms with E-state index in [1.807, 2.05) is 10.6 Å². The van der Waals surface area contributed by atoms with E-state index in [1.54, 1.807) is 6.33 Å². The summed E-state index contributed by atoms with van der Waals surface area (Å²) >= 11 is 0. The van der Waals surface area contributed by atoms with Crippen LogP contribution in [0.1, 0.15) is 71.8 Å². The van der Waals surface area contributed by atoms with Crippen LogP contribution in [0, 0.1) is 5.92 Å². The fourth-order valence-corrected chi connectivity index (χ4v) is 5.20. The minimum absolute atomic E-state index is 0.121. The van der Waals surface area contributed by atoms with Gasteiger partial charge < -0.3 is 13.9 Å².